The van der Waals surface area contributed by atoms with Crippen molar-refractivity contribution in [3.63, 3.8) is 0 Å². The minimum atomic E-state index is -3.31. The van der Waals surface area contributed by atoms with Crippen molar-refractivity contribution < 1.29 is 22.5 Å². The number of piperidine rings is 1. The van der Waals surface area contributed by atoms with Gasteiger partial charge >= 0.3 is 0 Å². The van der Waals surface area contributed by atoms with Gasteiger partial charge in [-0.05, 0) is 37.0 Å². The van der Waals surface area contributed by atoms with E-state index < -0.39 is 10.0 Å². The van der Waals surface area contributed by atoms with Crippen molar-refractivity contribution in [3.05, 3.63) is 47.6 Å². The molecule has 10 heteroatoms. The topological polar surface area (TPSA) is 106 Å². The number of amides is 1. The minimum absolute atomic E-state index is 0.0871. The largest absolute Gasteiger partial charge is 0.378 e. The standard InChI is InChI=1S/C20H26N4O5S/c25-20(23-10-12-28-13-11-23)19-15-18(22-29-19)17-3-8-24(9-4-17)30(26,27)14-5-16-1-6-21-7-2-16/h1-2,6-7,15,17H,3-5,8-14H2. The molecule has 0 saturated carbocycles. The van der Waals surface area contributed by atoms with Crippen LogP contribution < -0.4 is 0 Å². The van der Waals surface area contributed by atoms with E-state index >= 15 is 0 Å². The maximum Gasteiger partial charge on any atom is 0.292 e. The number of aryl methyl sites for hydroxylation is 1. The van der Waals surface area contributed by atoms with Crippen LogP contribution in [-0.4, -0.2) is 78.8 Å². The summed E-state index contributed by atoms with van der Waals surface area (Å²) in [7, 11) is -3.31. The van der Waals surface area contributed by atoms with Crippen molar-refractivity contribution in [1.29, 1.82) is 0 Å². The zero-order valence-corrected chi connectivity index (χ0v) is 17.6. The number of nitrogens with zero attached hydrogens (tertiary/aromatic N) is 4. The summed E-state index contributed by atoms with van der Waals surface area (Å²) < 4.78 is 37.5. The Hall–Kier alpha value is -2.30. The van der Waals surface area contributed by atoms with Crippen molar-refractivity contribution in [3.8, 4) is 0 Å². The molecule has 4 heterocycles. The first-order valence-electron chi connectivity index (χ1n) is 10.2. The predicted octanol–water partition coefficient (Wildman–Crippen LogP) is 1.29. The molecule has 2 fully saturated rings. The van der Waals surface area contributed by atoms with Crippen LogP contribution in [0.5, 0.6) is 0 Å². The lowest BCUT2D eigenvalue weighted by atomic mass is 9.94. The van der Waals surface area contributed by atoms with Gasteiger partial charge in [0.15, 0.2) is 0 Å². The number of aromatic nitrogens is 2. The number of hydrogen-bond donors (Lipinski definition) is 0. The molecule has 30 heavy (non-hydrogen) atoms. The lowest BCUT2D eigenvalue weighted by Crippen LogP contribution is -2.40. The molecule has 162 valence electrons. The Bertz CT molecular complexity index is 949. The summed E-state index contributed by atoms with van der Waals surface area (Å²) in [5, 5.41) is 4.09. The van der Waals surface area contributed by atoms with Gasteiger partial charge in [-0.3, -0.25) is 9.78 Å². The smallest absolute Gasteiger partial charge is 0.292 e. The van der Waals surface area contributed by atoms with Crippen molar-refractivity contribution in [1.82, 2.24) is 19.3 Å². The normalized spacial score (nSPS) is 19.1. The lowest BCUT2D eigenvalue weighted by Gasteiger charge is -2.30. The summed E-state index contributed by atoms with van der Waals surface area (Å²) in [5.74, 6) is 0.239. The summed E-state index contributed by atoms with van der Waals surface area (Å²) >= 11 is 0. The zero-order chi connectivity index (χ0) is 21.0. The Balaban J connectivity index is 1.31. The highest BCUT2D eigenvalue weighted by Crippen LogP contribution is 2.29. The molecular formula is C20H26N4O5S. The van der Waals surface area contributed by atoms with E-state index in [1.165, 1.54) is 0 Å². The van der Waals surface area contributed by atoms with E-state index in [1.54, 1.807) is 27.7 Å². The molecule has 1 amide bonds. The van der Waals surface area contributed by atoms with Crippen LogP contribution in [0.3, 0.4) is 0 Å². The lowest BCUT2D eigenvalue weighted by molar-refractivity contribution is 0.0277. The van der Waals surface area contributed by atoms with Crippen LogP contribution in [0.2, 0.25) is 0 Å². The van der Waals surface area contributed by atoms with Crippen molar-refractivity contribution in [2.24, 2.45) is 0 Å². The molecule has 0 radical (unpaired) electrons. The molecular weight excluding hydrogens is 408 g/mol. The quantitative estimate of drug-likeness (QED) is 0.674. The number of ether oxygens (including phenoxy) is 1. The molecule has 2 aromatic heterocycles. The van der Waals surface area contributed by atoms with Crippen LogP contribution in [-0.2, 0) is 21.2 Å². The molecule has 0 aliphatic carbocycles. The number of morpholine rings is 1. The van der Waals surface area contributed by atoms with E-state index in [-0.39, 0.29) is 23.3 Å². The molecule has 0 aromatic carbocycles. The van der Waals surface area contributed by atoms with Gasteiger partial charge in [0.05, 0.1) is 24.7 Å². The first-order valence-corrected chi connectivity index (χ1v) is 11.8. The van der Waals surface area contributed by atoms with Crippen LogP contribution in [0.4, 0.5) is 0 Å². The Kier molecular flexibility index (Phi) is 6.45. The van der Waals surface area contributed by atoms with Crippen LogP contribution >= 0.6 is 0 Å². The van der Waals surface area contributed by atoms with Gasteiger partial charge in [-0.15, -0.1) is 0 Å². The molecule has 9 nitrogen and oxygen atoms in total. The summed E-state index contributed by atoms with van der Waals surface area (Å²) in [6, 6.07) is 5.38. The van der Waals surface area contributed by atoms with E-state index in [4.69, 9.17) is 9.26 Å². The third-order valence-electron chi connectivity index (χ3n) is 5.70. The molecule has 0 bridgehead atoms. The second-order valence-corrected chi connectivity index (χ2v) is 9.70. The van der Waals surface area contributed by atoms with Gasteiger partial charge < -0.3 is 14.2 Å². The van der Waals surface area contributed by atoms with Crippen LogP contribution in [0.15, 0.2) is 35.1 Å². The van der Waals surface area contributed by atoms with E-state index in [0.29, 0.717) is 58.7 Å². The molecule has 0 N–H and O–H groups in total. The number of carbonyl (C=O) groups is 1. The summed E-state index contributed by atoms with van der Waals surface area (Å²) in [5.41, 5.74) is 1.68. The molecule has 2 aliphatic rings. The molecule has 2 saturated heterocycles. The maximum absolute atomic E-state index is 12.7. The molecule has 0 atom stereocenters. The number of rotatable bonds is 6. The summed E-state index contributed by atoms with van der Waals surface area (Å²) in [6.07, 6.45) is 5.13. The van der Waals surface area contributed by atoms with E-state index in [1.807, 2.05) is 12.1 Å². The third-order valence-corrected chi connectivity index (χ3v) is 7.57. The van der Waals surface area contributed by atoms with Crippen molar-refractivity contribution in [2.75, 3.05) is 45.1 Å². The number of pyridine rings is 1. The maximum atomic E-state index is 12.7. The van der Waals surface area contributed by atoms with Gasteiger partial charge in [-0.1, -0.05) is 5.16 Å². The highest BCUT2D eigenvalue weighted by atomic mass is 32.2. The molecule has 0 unspecified atom stereocenters. The van der Waals surface area contributed by atoms with Gasteiger partial charge in [-0.25, -0.2) is 12.7 Å². The molecule has 0 spiro atoms. The minimum Gasteiger partial charge on any atom is -0.378 e. The Labute approximate surface area is 176 Å². The van der Waals surface area contributed by atoms with E-state index in [9.17, 15) is 13.2 Å². The first kappa shape index (κ1) is 21.0. The van der Waals surface area contributed by atoms with Gasteiger partial charge in [0.2, 0.25) is 15.8 Å². The second kappa shape index (κ2) is 9.23. The third kappa shape index (κ3) is 4.88. The number of carbonyl (C=O) groups excluding carboxylic acids is 1. The monoisotopic (exact) mass is 434 g/mol. The Morgan fingerprint density at radius 2 is 1.80 bits per heavy atom. The second-order valence-electron chi connectivity index (χ2n) is 7.62. The van der Waals surface area contributed by atoms with Gasteiger partial charge in [0, 0.05) is 50.6 Å². The fourth-order valence-corrected chi connectivity index (χ4v) is 5.38. The Morgan fingerprint density at radius 1 is 1.10 bits per heavy atom. The molecule has 2 aliphatic heterocycles. The number of sulfonamides is 1. The fourth-order valence-electron chi connectivity index (χ4n) is 3.86. The Morgan fingerprint density at radius 3 is 2.50 bits per heavy atom. The van der Waals surface area contributed by atoms with Gasteiger partial charge in [0.25, 0.3) is 5.91 Å². The highest BCUT2D eigenvalue weighted by Gasteiger charge is 2.31. The summed E-state index contributed by atoms with van der Waals surface area (Å²) in [6.45, 7) is 3.04. The zero-order valence-electron chi connectivity index (χ0n) is 16.8. The highest BCUT2D eigenvalue weighted by molar-refractivity contribution is 7.89. The predicted molar refractivity (Wildman–Crippen MR) is 109 cm³/mol. The van der Waals surface area contributed by atoms with Crippen LogP contribution in [0, 0.1) is 0 Å². The van der Waals surface area contributed by atoms with Gasteiger partial charge in [0.1, 0.15) is 0 Å². The first-order chi connectivity index (χ1) is 14.5. The number of hydrogen-bond acceptors (Lipinski definition) is 7. The molecule has 4 rings (SSSR count). The molecule has 2 aromatic rings. The van der Waals surface area contributed by atoms with Crippen molar-refractivity contribution in [2.45, 2.75) is 25.2 Å². The average Bonchev–Trinajstić information content (AvgIpc) is 3.29. The fraction of sp³-hybridized carbons (Fsp3) is 0.550. The van der Waals surface area contributed by atoms with Crippen molar-refractivity contribution >= 4 is 15.9 Å². The van der Waals surface area contributed by atoms with Crippen LogP contribution in [0.25, 0.3) is 0 Å². The van der Waals surface area contributed by atoms with E-state index in [0.717, 1.165) is 11.3 Å². The summed E-state index contributed by atoms with van der Waals surface area (Å²) in [4.78, 5) is 18.2. The average molecular weight is 435 g/mol. The van der Waals surface area contributed by atoms with Crippen LogP contribution in [0.1, 0.15) is 40.6 Å². The van der Waals surface area contributed by atoms with E-state index in [2.05, 4.69) is 10.1 Å². The van der Waals surface area contributed by atoms with Gasteiger partial charge in [-0.2, -0.15) is 0 Å². The SMILES string of the molecule is O=C(c1cc(C2CCN(S(=O)(=O)CCc3ccncc3)CC2)no1)N1CCOCC1.